The maximum atomic E-state index is 12.1. The van der Waals surface area contributed by atoms with Crippen molar-refractivity contribution >= 4 is 11.6 Å². The molecule has 0 aromatic heterocycles. The molecule has 1 aliphatic rings. The Balaban J connectivity index is 1.90. The van der Waals surface area contributed by atoms with Crippen LogP contribution < -0.4 is 15.4 Å². The molecule has 0 aliphatic carbocycles. The van der Waals surface area contributed by atoms with Crippen molar-refractivity contribution < 1.29 is 9.53 Å². The van der Waals surface area contributed by atoms with Gasteiger partial charge in [-0.05, 0) is 49.6 Å². The van der Waals surface area contributed by atoms with Gasteiger partial charge >= 0.3 is 0 Å². The molecular weight excluding hydrogens is 240 g/mol. The molecule has 104 valence electrons. The minimum Gasteiger partial charge on any atom is -0.494 e. The van der Waals surface area contributed by atoms with Gasteiger partial charge in [0.25, 0.3) is 0 Å². The van der Waals surface area contributed by atoms with Crippen LogP contribution in [0, 0.1) is 5.92 Å². The van der Waals surface area contributed by atoms with Crippen LogP contribution >= 0.6 is 0 Å². The molecule has 4 heteroatoms. The number of ether oxygens (including phenoxy) is 1. The van der Waals surface area contributed by atoms with Gasteiger partial charge in [-0.1, -0.05) is 13.8 Å². The summed E-state index contributed by atoms with van der Waals surface area (Å²) in [7, 11) is 0. The van der Waals surface area contributed by atoms with Gasteiger partial charge in [0.05, 0.1) is 12.6 Å². The van der Waals surface area contributed by atoms with Crippen LogP contribution in [0.1, 0.15) is 26.7 Å². The number of anilines is 1. The van der Waals surface area contributed by atoms with Crippen molar-refractivity contribution in [2.75, 3.05) is 18.5 Å². The lowest BCUT2D eigenvalue weighted by atomic mass is 10.0. The normalized spacial score (nSPS) is 22.2. The minimum absolute atomic E-state index is 0.0484. The van der Waals surface area contributed by atoms with Gasteiger partial charge in [0.2, 0.25) is 5.91 Å². The van der Waals surface area contributed by atoms with E-state index in [1.807, 2.05) is 24.3 Å². The van der Waals surface area contributed by atoms with Crippen LogP contribution in [0.5, 0.6) is 5.75 Å². The summed E-state index contributed by atoms with van der Waals surface area (Å²) in [6.45, 7) is 5.81. The van der Waals surface area contributed by atoms with E-state index in [0.717, 1.165) is 37.4 Å². The zero-order valence-electron chi connectivity index (χ0n) is 11.6. The lowest BCUT2D eigenvalue weighted by Crippen LogP contribution is -2.39. The third-order valence-corrected chi connectivity index (χ3v) is 3.41. The Labute approximate surface area is 114 Å². The van der Waals surface area contributed by atoms with E-state index in [4.69, 9.17) is 4.74 Å². The van der Waals surface area contributed by atoms with Crippen LogP contribution in [-0.2, 0) is 4.79 Å². The minimum atomic E-state index is -0.0731. The molecule has 0 spiro atoms. The van der Waals surface area contributed by atoms with Gasteiger partial charge in [-0.3, -0.25) is 4.79 Å². The average molecular weight is 262 g/mol. The third-order valence-electron chi connectivity index (χ3n) is 3.41. The van der Waals surface area contributed by atoms with Crippen molar-refractivity contribution in [2.45, 2.75) is 32.7 Å². The Kier molecular flexibility index (Phi) is 4.80. The standard InChI is InChI=1S/C15H22N2O2/c1-3-10-19-13-6-4-12(5-7-13)17-15(18)14-11(2)8-9-16-14/h4-7,11,14,16H,3,8-10H2,1-2H3,(H,17,18). The molecular formula is C15H22N2O2. The molecule has 1 fully saturated rings. The Hall–Kier alpha value is -1.55. The second-order valence-corrected chi connectivity index (χ2v) is 5.06. The van der Waals surface area contributed by atoms with Gasteiger partial charge in [-0.25, -0.2) is 0 Å². The monoisotopic (exact) mass is 262 g/mol. The molecule has 0 saturated carbocycles. The highest BCUT2D eigenvalue weighted by Crippen LogP contribution is 2.19. The van der Waals surface area contributed by atoms with E-state index in [1.54, 1.807) is 0 Å². The highest BCUT2D eigenvalue weighted by Gasteiger charge is 2.29. The molecule has 4 nitrogen and oxygen atoms in total. The second-order valence-electron chi connectivity index (χ2n) is 5.06. The summed E-state index contributed by atoms with van der Waals surface area (Å²) in [5.41, 5.74) is 0.815. The summed E-state index contributed by atoms with van der Waals surface area (Å²) in [6.07, 6.45) is 2.05. The Morgan fingerprint density at radius 3 is 2.74 bits per heavy atom. The predicted octanol–water partition coefficient (Wildman–Crippen LogP) is 2.41. The number of benzene rings is 1. The lowest BCUT2D eigenvalue weighted by Gasteiger charge is -2.15. The first kappa shape index (κ1) is 13.9. The first-order valence-corrected chi connectivity index (χ1v) is 6.98. The Bertz CT molecular complexity index is 417. The largest absolute Gasteiger partial charge is 0.494 e. The van der Waals surface area contributed by atoms with Gasteiger partial charge < -0.3 is 15.4 Å². The fourth-order valence-corrected chi connectivity index (χ4v) is 2.26. The van der Waals surface area contributed by atoms with Gasteiger partial charge in [0, 0.05) is 5.69 Å². The summed E-state index contributed by atoms with van der Waals surface area (Å²) in [5.74, 6) is 1.28. The first-order valence-electron chi connectivity index (χ1n) is 6.98. The van der Waals surface area contributed by atoms with Gasteiger partial charge in [0.15, 0.2) is 0 Å². The maximum Gasteiger partial charge on any atom is 0.241 e. The van der Waals surface area contributed by atoms with Crippen molar-refractivity contribution in [2.24, 2.45) is 5.92 Å². The molecule has 1 heterocycles. The summed E-state index contributed by atoms with van der Waals surface area (Å²) < 4.78 is 5.51. The van der Waals surface area contributed by atoms with E-state index in [-0.39, 0.29) is 11.9 Å². The number of carbonyl (C=O) groups is 1. The van der Waals surface area contributed by atoms with Crippen LogP contribution in [0.25, 0.3) is 0 Å². The smallest absolute Gasteiger partial charge is 0.241 e. The Morgan fingerprint density at radius 2 is 2.16 bits per heavy atom. The molecule has 2 rings (SSSR count). The van der Waals surface area contributed by atoms with Crippen LogP contribution in [-0.4, -0.2) is 25.1 Å². The summed E-state index contributed by atoms with van der Waals surface area (Å²) in [6, 6.07) is 7.45. The molecule has 2 N–H and O–H groups in total. The van der Waals surface area contributed by atoms with Crippen LogP contribution in [0.2, 0.25) is 0 Å². The molecule has 0 bridgehead atoms. The molecule has 1 amide bonds. The highest BCUT2D eigenvalue weighted by molar-refractivity contribution is 5.95. The molecule has 19 heavy (non-hydrogen) atoms. The number of amides is 1. The SMILES string of the molecule is CCCOc1ccc(NC(=O)C2NCCC2C)cc1. The number of carbonyl (C=O) groups excluding carboxylic acids is 1. The zero-order valence-corrected chi connectivity index (χ0v) is 11.6. The van der Waals surface area contributed by atoms with Crippen molar-refractivity contribution in [1.29, 1.82) is 0 Å². The van der Waals surface area contributed by atoms with Crippen LogP contribution in [0.15, 0.2) is 24.3 Å². The topological polar surface area (TPSA) is 50.4 Å². The Morgan fingerprint density at radius 1 is 1.42 bits per heavy atom. The first-order chi connectivity index (χ1) is 9.20. The number of hydrogen-bond donors (Lipinski definition) is 2. The lowest BCUT2D eigenvalue weighted by molar-refractivity contribution is -0.118. The number of rotatable bonds is 5. The van der Waals surface area contributed by atoms with Crippen molar-refractivity contribution in [3.8, 4) is 5.75 Å². The predicted molar refractivity (Wildman–Crippen MR) is 76.4 cm³/mol. The van der Waals surface area contributed by atoms with Crippen LogP contribution in [0.4, 0.5) is 5.69 Å². The molecule has 1 aliphatic heterocycles. The molecule has 0 radical (unpaired) electrons. The fraction of sp³-hybridized carbons (Fsp3) is 0.533. The zero-order chi connectivity index (χ0) is 13.7. The van der Waals surface area contributed by atoms with Gasteiger partial charge in [-0.15, -0.1) is 0 Å². The summed E-state index contributed by atoms with van der Waals surface area (Å²) >= 11 is 0. The molecule has 1 aromatic rings. The van der Waals surface area contributed by atoms with E-state index in [2.05, 4.69) is 24.5 Å². The van der Waals surface area contributed by atoms with E-state index >= 15 is 0 Å². The fourth-order valence-electron chi connectivity index (χ4n) is 2.26. The average Bonchev–Trinajstić information content (AvgIpc) is 2.84. The quantitative estimate of drug-likeness (QED) is 0.856. The van der Waals surface area contributed by atoms with Crippen molar-refractivity contribution in [3.05, 3.63) is 24.3 Å². The third kappa shape index (κ3) is 3.70. The molecule has 1 saturated heterocycles. The van der Waals surface area contributed by atoms with E-state index in [9.17, 15) is 4.79 Å². The number of hydrogen-bond acceptors (Lipinski definition) is 3. The molecule has 2 atom stereocenters. The second kappa shape index (κ2) is 6.57. The highest BCUT2D eigenvalue weighted by atomic mass is 16.5. The van der Waals surface area contributed by atoms with E-state index < -0.39 is 0 Å². The van der Waals surface area contributed by atoms with E-state index in [0.29, 0.717) is 5.92 Å². The van der Waals surface area contributed by atoms with E-state index in [1.165, 1.54) is 0 Å². The molecule has 2 unspecified atom stereocenters. The van der Waals surface area contributed by atoms with Crippen molar-refractivity contribution in [3.63, 3.8) is 0 Å². The molecule has 1 aromatic carbocycles. The summed E-state index contributed by atoms with van der Waals surface area (Å²) in [5, 5.41) is 6.17. The van der Waals surface area contributed by atoms with Gasteiger partial charge in [0.1, 0.15) is 5.75 Å². The summed E-state index contributed by atoms with van der Waals surface area (Å²) in [4.78, 5) is 12.1. The number of nitrogens with one attached hydrogen (secondary N) is 2. The maximum absolute atomic E-state index is 12.1. The van der Waals surface area contributed by atoms with Gasteiger partial charge in [-0.2, -0.15) is 0 Å². The van der Waals surface area contributed by atoms with Crippen molar-refractivity contribution in [1.82, 2.24) is 5.32 Å². The van der Waals surface area contributed by atoms with Crippen LogP contribution in [0.3, 0.4) is 0 Å².